The average molecular weight is 260 g/mol. The van der Waals surface area contributed by atoms with Crippen molar-refractivity contribution in [2.24, 2.45) is 0 Å². The second kappa shape index (κ2) is 6.12. The van der Waals surface area contributed by atoms with Crippen LogP contribution in [0.25, 0.3) is 0 Å². The van der Waals surface area contributed by atoms with E-state index in [-0.39, 0.29) is 5.78 Å². The van der Waals surface area contributed by atoms with E-state index in [1.54, 1.807) is 12.1 Å². The summed E-state index contributed by atoms with van der Waals surface area (Å²) in [4.78, 5) is 11.9. The lowest BCUT2D eigenvalue weighted by atomic mass is 10.0. The Labute approximate surface area is 106 Å². The monoisotopic (exact) mass is 259 g/mol. The van der Waals surface area contributed by atoms with Crippen molar-refractivity contribution in [1.82, 2.24) is 0 Å². The fourth-order valence-corrected chi connectivity index (χ4v) is 2.07. The molecule has 0 saturated carbocycles. The van der Waals surface area contributed by atoms with Crippen LogP contribution in [0.1, 0.15) is 37.0 Å². The molecule has 0 radical (unpaired) electrons. The number of halogens is 2. The van der Waals surface area contributed by atoms with Crippen LogP contribution in [0.4, 0.5) is 5.69 Å². The first-order valence-electron chi connectivity index (χ1n) is 5.36. The van der Waals surface area contributed by atoms with E-state index in [9.17, 15) is 4.79 Å². The smallest absolute Gasteiger partial charge is 0.165 e. The van der Waals surface area contributed by atoms with E-state index in [1.807, 2.05) is 13.8 Å². The zero-order valence-electron chi connectivity index (χ0n) is 9.44. The third-order valence-electron chi connectivity index (χ3n) is 2.19. The lowest BCUT2D eigenvalue weighted by Gasteiger charge is -2.12. The molecule has 0 spiro atoms. The molecule has 0 fully saturated rings. The van der Waals surface area contributed by atoms with Gasteiger partial charge in [-0.15, -0.1) is 0 Å². The Bertz CT molecular complexity index is 391. The van der Waals surface area contributed by atoms with E-state index in [0.29, 0.717) is 34.3 Å². The molecule has 0 saturated heterocycles. The van der Waals surface area contributed by atoms with E-state index >= 15 is 0 Å². The summed E-state index contributed by atoms with van der Waals surface area (Å²) in [5.74, 6) is 0.0721. The molecule has 88 valence electrons. The highest BCUT2D eigenvalue weighted by atomic mass is 35.5. The quantitative estimate of drug-likeness (QED) is 0.794. The van der Waals surface area contributed by atoms with Crippen LogP contribution >= 0.6 is 23.2 Å². The predicted molar refractivity (Wildman–Crippen MR) is 69.9 cm³/mol. The lowest BCUT2D eigenvalue weighted by molar-refractivity contribution is 0.0982. The van der Waals surface area contributed by atoms with Gasteiger partial charge in [0.15, 0.2) is 5.78 Å². The molecule has 0 aliphatic heterocycles. The first-order chi connectivity index (χ1) is 7.60. The highest BCUT2D eigenvalue weighted by Gasteiger charge is 2.14. The standard InChI is InChI=1S/C12H15Cl2NO/c1-3-5-11(16)9-6-8(13)7-10(14)12(9)15-4-2/h6-7,15H,3-5H2,1-2H3. The second-order valence-corrected chi connectivity index (χ2v) is 4.36. The molecule has 1 aromatic rings. The van der Waals surface area contributed by atoms with Crippen molar-refractivity contribution >= 4 is 34.7 Å². The van der Waals surface area contributed by atoms with Gasteiger partial charge in [-0.1, -0.05) is 30.1 Å². The van der Waals surface area contributed by atoms with Gasteiger partial charge >= 0.3 is 0 Å². The molecule has 4 heteroatoms. The third-order valence-corrected chi connectivity index (χ3v) is 2.70. The largest absolute Gasteiger partial charge is 0.384 e. The Hall–Kier alpha value is -0.730. The summed E-state index contributed by atoms with van der Waals surface area (Å²) < 4.78 is 0. The number of ketones is 1. The summed E-state index contributed by atoms with van der Waals surface area (Å²) in [5, 5.41) is 4.09. The molecule has 0 aromatic heterocycles. The minimum absolute atomic E-state index is 0.0721. The number of hydrogen-bond donors (Lipinski definition) is 1. The van der Waals surface area contributed by atoms with Crippen LogP contribution in [0.15, 0.2) is 12.1 Å². The molecule has 1 rings (SSSR count). The number of benzene rings is 1. The average Bonchev–Trinajstić information content (AvgIpc) is 2.22. The van der Waals surface area contributed by atoms with Crippen molar-refractivity contribution in [2.75, 3.05) is 11.9 Å². The molecule has 16 heavy (non-hydrogen) atoms. The SMILES string of the molecule is CCCC(=O)c1cc(Cl)cc(Cl)c1NCC. The molecule has 0 atom stereocenters. The fraction of sp³-hybridized carbons (Fsp3) is 0.417. The van der Waals surface area contributed by atoms with E-state index in [2.05, 4.69) is 5.32 Å². The van der Waals surface area contributed by atoms with Gasteiger partial charge in [0.05, 0.1) is 10.7 Å². The maximum absolute atomic E-state index is 11.9. The Morgan fingerprint density at radius 2 is 2.00 bits per heavy atom. The van der Waals surface area contributed by atoms with E-state index < -0.39 is 0 Å². The Morgan fingerprint density at radius 3 is 2.56 bits per heavy atom. The number of hydrogen-bond acceptors (Lipinski definition) is 2. The number of anilines is 1. The van der Waals surface area contributed by atoms with Crippen LogP contribution in [0.3, 0.4) is 0 Å². The Kier molecular flexibility index (Phi) is 5.10. The maximum Gasteiger partial charge on any atom is 0.165 e. The molecule has 1 N–H and O–H groups in total. The summed E-state index contributed by atoms with van der Waals surface area (Å²) in [7, 11) is 0. The Morgan fingerprint density at radius 1 is 1.31 bits per heavy atom. The molecular weight excluding hydrogens is 245 g/mol. The van der Waals surface area contributed by atoms with Gasteiger partial charge in [-0.05, 0) is 25.5 Å². The number of carbonyl (C=O) groups excluding carboxylic acids is 1. The van der Waals surface area contributed by atoms with Crippen LogP contribution in [0.2, 0.25) is 10.0 Å². The van der Waals surface area contributed by atoms with Gasteiger partial charge in [0.1, 0.15) is 0 Å². The van der Waals surface area contributed by atoms with Crippen LogP contribution in [-0.2, 0) is 0 Å². The van der Waals surface area contributed by atoms with Gasteiger partial charge < -0.3 is 5.32 Å². The number of carbonyl (C=O) groups is 1. The van der Waals surface area contributed by atoms with Crippen LogP contribution in [-0.4, -0.2) is 12.3 Å². The lowest BCUT2D eigenvalue weighted by Crippen LogP contribution is -2.07. The zero-order valence-corrected chi connectivity index (χ0v) is 11.0. The molecular formula is C12H15Cl2NO. The predicted octanol–water partition coefficient (Wildman–Crippen LogP) is 4.41. The van der Waals surface area contributed by atoms with Crippen molar-refractivity contribution in [3.8, 4) is 0 Å². The number of nitrogens with one attached hydrogen (secondary N) is 1. The minimum atomic E-state index is 0.0721. The molecule has 0 amide bonds. The van der Waals surface area contributed by atoms with Crippen molar-refractivity contribution in [3.05, 3.63) is 27.7 Å². The van der Waals surface area contributed by atoms with Gasteiger partial charge in [0.2, 0.25) is 0 Å². The normalized spacial score (nSPS) is 10.2. The topological polar surface area (TPSA) is 29.1 Å². The van der Waals surface area contributed by atoms with Gasteiger partial charge in [-0.3, -0.25) is 4.79 Å². The zero-order chi connectivity index (χ0) is 12.1. The van der Waals surface area contributed by atoms with Gasteiger partial charge in [-0.2, -0.15) is 0 Å². The molecule has 0 unspecified atom stereocenters. The second-order valence-electron chi connectivity index (χ2n) is 3.51. The highest BCUT2D eigenvalue weighted by molar-refractivity contribution is 6.37. The third kappa shape index (κ3) is 3.13. The first-order valence-corrected chi connectivity index (χ1v) is 6.11. The summed E-state index contributed by atoms with van der Waals surface area (Å²) in [5.41, 5.74) is 1.27. The van der Waals surface area contributed by atoms with Gasteiger partial charge in [0, 0.05) is 23.6 Å². The summed E-state index contributed by atoms with van der Waals surface area (Å²) in [6.07, 6.45) is 1.32. The van der Waals surface area contributed by atoms with Gasteiger partial charge in [0.25, 0.3) is 0 Å². The van der Waals surface area contributed by atoms with Crippen molar-refractivity contribution in [3.63, 3.8) is 0 Å². The molecule has 1 aromatic carbocycles. The molecule has 0 aliphatic carbocycles. The molecule has 0 heterocycles. The maximum atomic E-state index is 11.9. The van der Waals surface area contributed by atoms with Crippen LogP contribution in [0, 0.1) is 0 Å². The number of rotatable bonds is 5. The van der Waals surface area contributed by atoms with Crippen molar-refractivity contribution in [1.29, 1.82) is 0 Å². The minimum Gasteiger partial charge on any atom is -0.384 e. The fourth-order valence-electron chi connectivity index (χ4n) is 1.51. The molecule has 0 bridgehead atoms. The van der Waals surface area contributed by atoms with Gasteiger partial charge in [-0.25, -0.2) is 0 Å². The van der Waals surface area contributed by atoms with E-state index in [4.69, 9.17) is 23.2 Å². The van der Waals surface area contributed by atoms with E-state index in [1.165, 1.54) is 0 Å². The molecule has 2 nitrogen and oxygen atoms in total. The van der Waals surface area contributed by atoms with Crippen LogP contribution < -0.4 is 5.32 Å². The first kappa shape index (κ1) is 13.3. The summed E-state index contributed by atoms with van der Waals surface area (Å²) in [6.45, 7) is 4.64. The van der Waals surface area contributed by atoms with E-state index in [0.717, 1.165) is 6.42 Å². The highest BCUT2D eigenvalue weighted by Crippen LogP contribution is 2.31. The van der Waals surface area contributed by atoms with Crippen molar-refractivity contribution < 1.29 is 4.79 Å². The van der Waals surface area contributed by atoms with Crippen LogP contribution in [0.5, 0.6) is 0 Å². The Balaban J connectivity index is 3.17. The number of Topliss-reactive ketones (excluding diaryl/α,β-unsaturated/α-hetero) is 1. The van der Waals surface area contributed by atoms with Crippen molar-refractivity contribution in [2.45, 2.75) is 26.7 Å². The summed E-state index contributed by atoms with van der Waals surface area (Å²) in [6, 6.07) is 3.31. The summed E-state index contributed by atoms with van der Waals surface area (Å²) >= 11 is 12.0. The molecule has 0 aliphatic rings.